The first-order valence-corrected chi connectivity index (χ1v) is 9.00. The molecule has 4 nitrogen and oxygen atoms in total. The van der Waals surface area contributed by atoms with E-state index in [9.17, 15) is 4.79 Å². The van der Waals surface area contributed by atoms with Crippen molar-refractivity contribution in [3.63, 3.8) is 0 Å². The first-order valence-electron chi connectivity index (χ1n) is 9.00. The molecule has 128 valence electrons. The van der Waals surface area contributed by atoms with Gasteiger partial charge in [-0.25, -0.2) is 4.98 Å². The van der Waals surface area contributed by atoms with Gasteiger partial charge in [-0.2, -0.15) is 0 Å². The molecule has 1 aromatic heterocycles. The van der Waals surface area contributed by atoms with Crippen LogP contribution in [0.4, 0.5) is 0 Å². The Hall–Kier alpha value is -2.10. The summed E-state index contributed by atoms with van der Waals surface area (Å²) in [6.45, 7) is 7.09. The highest BCUT2D eigenvalue weighted by atomic mass is 16.2. The largest absolute Gasteiger partial charge is 0.342 e. The summed E-state index contributed by atoms with van der Waals surface area (Å²) in [5.41, 5.74) is 2.34. The second-order valence-corrected chi connectivity index (χ2v) is 6.83. The maximum Gasteiger partial charge on any atom is 0.226 e. The van der Waals surface area contributed by atoms with Crippen LogP contribution in [0.5, 0.6) is 0 Å². The predicted molar refractivity (Wildman–Crippen MR) is 95.8 cm³/mol. The first kappa shape index (κ1) is 16.7. The van der Waals surface area contributed by atoms with Gasteiger partial charge in [0.25, 0.3) is 0 Å². The van der Waals surface area contributed by atoms with E-state index in [0.29, 0.717) is 12.3 Å². The Morgan fingerprint density at radius 1 is 1.29 bits per heavy atom. The Bertz CT molecular complexity index is 677. The minimum absolute atomic E-state index is 0.247. The highest BCUT2D eigenvalue weighted by Crippen LogP contribution is 2.22. The van der Waals surface area contributed by atoms with Crippen molar-refractivity contribution in [2.45, 2.75) is 46.1 Å². The lowest BCUT2D eigenvalue weighted by atomic mass is 10.0. The molecule has 0 N–H and O–H groups in total. The molecule has 0 aliphatic carbocycles. The molecule has 1 saturated heterocycles. The third-order valence-corrected chi connectivity index (χ3v) is 4.89. The van der Waals surface area contributed by atoms with Crippen LogP contribution in [0.3, 0.4) is 0 Å². The van der Waals surface area contributed by atoms with E-state index in [2.05, 4.69) is 23.4 Å². The van der Waals surface area contributed by atoms with Gasteiger partial charge in [-0.3, -0.25) is 4.79 Å². The van der Waals surface area contributed by atoms with Crippen LogP contribution in [-0.2, 0) is 24.2 Å². The molecule has 24 heavy (non-hydrogen) atoms. The number of hydrogen-bond acceptors (Lipinski definition) is 2. The van der Waals surface area contributed by atoms with Crippen LogP contribution in [0, 0.1) is 12.8 Å². The number of aromatic nitrogens is 2. The highest BCUT2D eigenvalue weighted by molar-refractivity contribution is 5.79. The molecule has 1 fully saturated rings. The maximum atomic E-state index is 12.5. The zero-order valence-electron chi connectivity index (χ0n) is 14.7. The predicted octanol–water partition coefficient (Wildman–Crippen LogP) is 3.24. The van der Waals surface area contributed by atoms with Gasteiger partial charge in [-0.05, 0) is 31.2 Å². The number of likely N-dealkylation sites (tertiary alicyclic amines) is 1. The molecule has 1 atom stereocenters. The fourth-order valence-corrected chi connectivity index (χ4v) is 3.57. The van der Waals surface area contributed by atoms with Crippen LogP contribution in [0.25, 0.3) is 0 Å². The van der Waals surface area contributed by atoms with Crippen molar-refractivity contribution in [1.29, 1.82) is 0 Å². The molecule has 1 aromatic carbocycles. The minimum Gasteiger partial charge on any atom is -0.342 e. The molecule has 1 amide bonds. The number of amides is 1. The summed E-state index contributed by atoms with van der Waals surface area (Å²) < 4.78 is 2.33. The monoisotopic (exact) mass is 325 g/mol. The summed E-state index contributed by atoms with van der Waals surface area (Å²) >= 11 is 0. The third-order valence-electron chi connectivity index (χ3n) is 4.89. The molecule has 2 heterocycles. The lowest BCUT2D eigenvalue weighted by Crippen LogP contribution is -2.30. The molecule has 0 bridgehead atoms. The van der Waals surface area contributed by atoms with Crippen molar-refractivity contribution in [3.8, 4) is 0 Å². The fourth-order valence-electron chi connectivity index (χ4n) is 3.57. The first-order chi connectivity index (χ1) is 11.7. The molecule has 1 aliphatic rings. The van der Waals surface area contributed by atoms with Gasteiger partial charge < -0.3 is 9.47 Å². The van der Waals surface area contributed by atoms with Crippen LogP contribution >= 0.6 is 0 Å². The zero-order chi connectivity index (χ0) is 16.9. The summed E-state index contributed by atoms with van der Waals surface area (Å²) in [4.78, 5) is 19.1. The molecule has 3 rings (SSSR count). The number of nitrogens with zero attached hydrogens (tertiary/aromatic N) is 3. The van der Waals surface area contributed by atoms with Crippen molar-refractivity contribution >= 4 is 5.91 Å². The number of imidazole rings is 1. The van der Waals surface area contributed by atoms with E-state index in [1.165, 1.54) is 11.5 Å². The number of aryl methyl sites for hydroxylation is 1. The maximum absolute atomic E-state index is 12.5. The van der Waals surface area contributed by atoms with Gasteiger partial charge in [-0.1, -0.05) is 37.3 Å². The molecule has 4 heteroatoms. The zero-order valence-corrected chi connectivity index (χ0v) is 14.7. The number of carbonyl (C=O) groups excluding carboxylic acids is 1. The van der Waals surface area contributed by atoms with Gasteiger partial charge in [0.1, 0.15) is 5.82 Å². The summed E-state index contributed by atoms with van der Waals surface area (Å²) in [7, 11) is 0. The van der Waals surface area contributed by atoms with Gasteiger partial charge in [0.2, 0.25) is 5.91 Å². The van der Waals surface area contributed by atoms with Crippen molar-refractivity contribution in [2.75, 3.05) is 13.1 Å². The van der Waals surface area contributed by atoms with E-state index in [4.69, 9.17) is 0 Å². The average molecular weight is 325 g/mol. The summed E-state index contributed by atoms with van der Waals surface area (Å²) in [5.74, 6) is 1.95. The lowest BCUT2D eigenvalue weighted by molar-refractivity contribution is -0.129. The fraction of sp³-hybridized carbons (Fsp3) is 0.500. The summed E-state index contributed by atoms with van der Waals surface area (Å²) in [6, 6.07) is 10.0. The SMILES string of the molecule is CCCn1c(C)cnc1CC1CCN(C(=O)Cc2ccccc2)C1. The Morgan fingerprint density at radius 3 is 2.83 bits per heavy atom. The van der Waals surface area contributed by atoms with Crippen molar-refractivity contribution in [3.05, 3.63) is 53.6 Å². The van der Waals surface area contributed by atoms with E-state index in [-0.39, 0.29) is 5.91 Å². The molecule has 1 aliphatic heterocycles. The molecule has 0 spiro atoms. The Kier molecular flexibility index (Phi) is 5.34. The summed E-state index contributed by atoms with van der Waals surface area (Å²) in [5, 5.41) is 0. The van der Waals surface area contributed by atoms with Crippen molar-refractivity contribution in [1.82, 2.24) is 14.5 Å². The Labute approximate surface area is 144 Å². The lowest BCUT2D eigenvalue weighted by Gasteiger charge is -2.17. The highest BCUT2D eigenvalue weighted by Gasteiger charge is 2.27. The second kappa shape index (κ2) is 7.65. The van der Waals surface area contributed by atoms with Crippen LogP contribution in [-0.4, -0.2) is 33.4 Å². The molecule has 1 unspecified atom stereocenters. The average Bonchev–Trinajstić information content (AvgIpc) is 3.18. The van der Waals surface area contributed by atoms with Gasteiger partial charge >= 0.3 is 0 Å². The Morgan fingerprint density at radius 2 is 2.08 bits per heavy atom. The molecule has 0 saturated carbocycles. The van der Waals surface area contributed by atoms with E-state index in [1.54, 1.807) is 0 Å². The number of rotatable bonds is 6. The van der Waals surface area contributed by atoms with Gasteiger partial charge in [0, 0.05) is 37.9 Å². The van der Waals surface area contributed by atoms with Crippen LogP contribution in [0.1, 0.15) is 36.8 Å². The van der Waals surface area contributed by atoms with Crippen molar-refractivity contribution in [2.24, 2.45) is 5.92 Å². The molecule has 0 radical (unpaired) electrons. The second-order valence-electron chi connectivity index (χ2n) is 6.83. The van der Waals surface area contributed by atoms with Crippen LogP contribution < -0.4 is 0 Å². The van der Waals surface area contributed by atoms with E-state index < -0.39 is 0 Å². The molecular weight excluding hydrogens is 298 g/mol. The number of carbonyl (C=O) groups is 1. The van der Waals surface area contributed by atoms with E-state index >= 15 is 0 Å². The van der Waals surface area contributed by atoms with Gasteiger partial charge in [0.15, 0.2) is 0 Å². The summed E-state index contributed by atoms with van der Waals surface area (Å²) in [6.07, 6.45) is 5.66. The topological polar surface area (TPSA) is 38.1 Å². The number of hydrogen-bond donors (Lipinski definition) is 0. The van der Waals surface area contributed by atoms with E-state index in [1.807, 2.05) is 41.4 Å². The van der Waals surface area contributed by atoms with Crippen molar-refractivity contribution < 1.29 is 4.79 Å². The third kappa shape index (κ3) is 3.86. The number of benzene rings is 1. The Balaban J connectivity index is 1.56. The van der Waals surface area contributed by atoms with Gasteiger partial charge in [0.05, 0.1) is 6.42 Å². The minimum atomic E-state index is 0.247. The normalized spacial score (nSPS) is 17.4. The van der Waals surface area contributed by atoms with Gasteiger partial charge in [-0.15, -0.1) is 0 Å². The molecular formula is C20H27N3O. The smallest absolute Gasteiger partial charge is 0.226 e. The van der Waals surface area contributed by atoms with E-state index in [0.717, 1.165) is 44.5 Å². The standard InChI is InChI=1S/C20H27N3O/c1-3-10-23-16(2)14-21-19(23)12-18-9-11-22(15-18)20(24)13-17-7-5-4-6-8-17/h4-8,14,18H,3,9-13,15H2,1-2H3. The quantitative estimate of drug-likeness (QED) is 0.818. The van der Waals surface area contributed by atoms with Crippen LogP contribution in [0.2, 0.25) is 0 Å². The van der Waals surface area contributed by atoms with Crippen LogP contribution in [0.15, 0.2) is 36.5 Å². The molecule has 2 aromatic rings.